The first-order valence-electron chi connectivity index (χ1n) is 17.6. The number of Topliss-reactive ketones (excluding diaryl/α,β-unsaturated/α-hetero) is 1. The third kappa shape index (κ3) is 7.11. The van der Waals surface area contributed by atoms with Gasteiger partial charge in [-0.3, -0.25) is 29.1 Å². The predicted octanol–water partition coefficient (Wildman–Crippen LogP) is 4.84. The number of carbonyl (C=O) groups is 3. The zero-order chi connectivity index (χ0) is 35.6. The predicted molar refractivity (Wildman–Crippen MR) is 201 cm³/mol. The van der Waals surface area contributed by atoms with Crippen molar-refractivity contribution in [1.82, 2.24) is 44.0 Å². The number of amides is 2. The zero-order valence-electron chi connectivity index (χ0n) is 29.3. The van der Waals surface area contributed by atoms with Gasteiger partial charge in [-0.1, -0.05) is 26.0 Å². The van der Waals surface area contributed by atoms with Crippen molar-refractivity contribution in [3.8, 4) is 0 Å². The molecule has 2 aromatic carbocycles. The summed E-state index contributed by atoms with van der Waals surface area (Å²) in [4.78, 5) is 49.4. The van der Waals surface area contributed by atoms with Crippen LogP contribution in [0.25, 0.3) is 22.1 Å². The molecule has 14 heteroatoms. The van der Waals surface area contributed by atoms with Gasteiger partial charge in [0.05, 0.1) is 39.9 Å². The number of nitrogens with one attached hydrogen (secondary N) is 2. The number of primary amides is 1. The lowest BCUT2D eigenvalue weighted by atomic mass is 10.0. The molecule has 0 bridgehead atoms. The first-order chi connectivity index (χ1) is 24.7. The van der Waals surface area contributed by atoms with Gasteiger partial charge >= 0.3 is 0 Å². The second-order valence-electron chi connectivity index (χ2n) is 13.1. The van der Waals surface area contributed by atoms with E-state index in [4.69, 9.17) is 20.8 Å². The quantitative estimate of drug-likeness (QED) is 0.230. The molecule has 0 aliphatic carbocycles. The number of hydrogen-bond donors (Lipinski definition) is 3. The normalized spacial score (nSPS) is 15.1. The second kappa shape index (κ2) is 15.3. The Morgan fingerprint density at radius 3 is 2.44 bits per heavy atom. The van der Waals surface area contributed by atoms with Crippen molar-refractivity contribution in [2.45, 2.75) is 86.5 Å². The highest BCUT2D eigenvalue weighted by molar-refractivity contribution is 6.03. The van der Waals surface area contributed by atoms with E-state index in [9.17, 15) is 14.4 Å². The minimum atomic E-state index is -0.548. The van der Waals surface area contributed by atoms with Gasteiger partial charge in [-0.25, -0.2) is 9.97 Å². The maximum atomic E-state index is 14.1. The molecule has 0 fully saturated rings. The highest BCUT2D eigenvalue weighted by Crippen LogP contribution is 2.24. The van der Waals surface area contributed by atoms with Crippen molar-refractivity contribution in [2.24, 2.45) is 5.73 Å². The molecule has 0 saturated heterocycles. The van der Waals surface area contributed by atoms with Crippen LogP contribution < -0.4 is 16.4 Å². The van der Waals surface area contributed by atoms with E-state index >= 15 is 0 Å². The molecule has 5 heterocycles. The summed E-state index contributed by atoms with van der Waals surface area (Å²) in [5.41, 5.74) is 12.8. The Morgan fingerprint density at radius 1 is 0.885 bits per heavy atom. The Labute approximate surface area is 302 Å². The van der Waals surface area contributed by atoms with Crippen molar-refractivity contribution in [3.63, 3.8) is 0 Å². The number of hydrogen-bond acceptors (Lipinski definition) is 8. The number of fused-ring (bicyclic) bond motifs is 8. The van der Waals surface area contributed by atoms with Crippen molar-refractivity contribution < 1.29 is 14.4 Å². The number of benzene rings is 2. The molecule has 272 valence electrons. The summed E-state index contributed by atoms with van der Waals surface area (Å²) in [6.07, 6.45) is 3.44. The van der Waals surface area contributed by atoms with E-state index in [1.165, 1.54) is 0 Å². The number of para-hydroxylation sites is 2. The van der Waals surface area contributed by atoms with E-state index in [0.29, 0.717) is 67.7 Å². The molecule has 4 aromatic heterocycles. The number of ketones is 1. The standard InChI is InChI=1S/C37H43N11O3.CH4/c1-4-47-34-26(24(3)44-47)10-6-5-9-17-48-31(20-23(2)43-48)36(51)42-37-41-28-21-25(35(38)50)13-14-30(28)46(37)19-16-39-15-18-45-29-12-8-7-11-27(29)40-33(45)22-32(34)49;/h7-8,11-14,20-21,39H,4-6,9-10,15-19,22H2,1-3H3,(H2,38,50)(H,41,42,51);1H4. The third-order valence-electron chi connectivity index (χ3n) is 9.58. The summed E-state index contributed by atoms with van der Waals surface area (Å²) in [6, 6.07) is 14.8. The molecule has 14 nitrogen and oxygen atoms in total. The molecule has 0 radical (unpaired) electrons. The zero-order valence-corrected chi connectivity index (χ0v) is 29.3. The number of aryl methyl sites for hydroxylation is 4. The van der Waals surface area contributed by atoms with Crippen molar-refractivity contribution in [3.05, 3.63) is 88.3 Å². The number of carbonyl (C=O) groups excluding carboxylic acids is 3. The molecular weight excluding hydrogens is 658 g/mol. The van der Waals surface area contributed by atoms with E-state index < -0.39 is 5.91 Å². The van der Waals surface area contributed by atoms with Gasteiger partial charge in [0.25, 0.3) is 5.91 Å². The monoisotopic (exact) mass is 705 g/mol. The summed E-state index contributed by atoms with van der Waals surface area (Å²) in [5, 5.41) is 15.9. The van der Waals surface area contributed by atoms with E-state index in [-0.39, 0.29) is 25.5 Å². The lowest BCUT2D eigenvalue weighted by Crippen LogP contribution is -2.26. The number of aromatic nitrogens is 8. The first kappa shape index (κ1) is 36.2. The highest BCUT2D eigenvalue weighted by Gasteiger charge is 2.24. The first-order valence-corrected chi connectivity index (χ1v) is 17.6. The van der Waals surface area contributed by atoms with Gasteiger partial charge in [0.15, 0.2) is 5.78 Å². The van der Waals surface area contributed by atoms with Crippen LogP contribution in [0.1, 0.15) is 87.7 Å². The minimum absolute atomic E-state index is 0. The maximum absolute atomic E-state index is 14.1. The Morgan fingerprint density at radius 2 is 1.65 bits per heavy atom. The summed E-state index contributed by atoms with van der Waals surface area (Å²) in [6.45, 7) is 9.27. The maximum Gasteiger partial charge on any atom is 0.276 e. The SMILES string of the molecule is C.CCn1nc(C)c2c1C(=O)Cc1nc3ccccc3n1CCNCCn1c(nc3cc(C(N)=O)ccc31)NC(=O)c1cc(C)nn1CCCCC2. The van der Waals surface area contributed by atoms with Crippen molar-refractivity contribution in [2.75, 3.05) is 18.4 Å². The Bertz CT molecular complexity index is 2270. The second-order valence-corrected chi connectivity index (χ2v) is 13.1. The molecule has 1 aliphatic heterocycles. The fourth-order valence-corrected chi connectivity index (χ4v) is 7.11. The summed E-state index contributed by atoms with van der Waals surface area (Å²) < 4.78 is 7.63. The average Bonchev–Trinajstić information content (AvgIpc) is 3.85. The van der Waals surface area contributed by atoms with Gasteiger partial charge in [-0.15, -0.1) is 0 Å². The van der Waals surface area contributed by atoms with Gasteiger partial charge in [0.1, 0.15) is 17.2 Å². The smallest absolute Gasteiger partial charge is 0.276 e. The molecule has 0 unspecified atom stereocenters. The Balaban J connectivity index is 0.00000464. The van der Waals surface area contributed by atoms with Crippen LogP contribution in [0.4, 0.5) is 5.95 Å². The van der Waals surface area contributed by atoms with Crippen LogP contribution in [0.15, 0.2) is 48.5 Å². The Kier molecular flexibility index (Phi) is 10.7. The molecule has 4 N–H and O–H groups in total. The molecular formula is C38H47N11O3. The fourth-order valence-electron chi connectivity index (χ4n) is 7.11. The number of nitrogens with two attached hydrogens (primary N) is 1. The molecule has 0 saturated carbocycles. The van der Waals surface area contributed by atoms with Crippen LogP contribution in [0.2, 0.25) is 0 Å². The molecule has 0 atom stereocenters. The Hall–Kier alpha value is -5.63. The van der Waals surface area contributed by atoms with Gasteiger partial charge in [-0.05, 0) is 76.4 Å². The van der Waals surface area contributed by atoms with E-state index in [0.717, 1.165) is 65.0 Å². The number of nitrogens with zero attached hydrogens (tertiary/aromatic N) is 8. The fraction of sp³-hybridized carbons (Fsp3) is 0.395. The minimum Gasteiger partial charge on any atom is -0.366 e. The van der Waals surface area contributed by atoms with Crippen molar-refractivity contribution >= 4 is 45.6 Å². The van der Waals surface area contributed by atoms with Gasteiger partial charge < -0.3 is 20.2 Å². The van der Waals surface area contributed by atoms with Crippen molar-refractivity contribution in [1.29, 1.82) is 0 Å². The summed E-state index contributed by atoms with van der Waals surface area (Å²) in [7, 11) is 0. The average molecular weight is 706 g/mol. The molecule has 7 rings (SSSR count). The van der Waals surface area contributed by atoms with Crippen LogP contribution in [0.5, 0.6) is 0 Å². The van der Waals surface area contributed by atoms with Crippen LogP contribution >= 0.6 is 0 Å². The highest BCUT2D eigenvalue weighted by atomic mass is 16.2. The lowest BCUT2D eigenvalue weighted by Gasteiger charge is -2.14. The summed E-state index contributed by atoms with van der Waals surface area (Å²) in [5.74, 6) is 0.237. The van der Waals surface area contributed by atoms with Gasteiger partial charge in [0, 0.05) is 50.4 Å². The largest absolute Gasteiger partial charge is 0.366 e. The molecule has 6 aromatic rings. The number of rotatable bonds is 2. The van der Waals surface area contributed by atoms with Crippen LogP contribution in [-0.2, 0) is 39.0 Å². The van der Waals surface area contributed by atoms with E-state index in [1.54, 1.807) is 28.9 Å². The van der Waals surface area contributed by atoms with Crippen LogP contribution in [0.3, 0.4) is 0 Å². The summed E-state index contributed by atoms with van der Waals surface area (Å²) >= 11 is 0. The molecule has 0 spiro atoms. The molecule has 52 heavy (non-hydrogen) atoms. The lowest BCUT2D eigenvalue weighted by molar-refractivity contribution is 0.0975. The molecule has 2 amide bonds. The third-order valence-corrected chi connectivity index (χ3v) is 9.58. The van der Waals surface area contributed by atoms with Crippen LogP contribution in [-0.4, -0.2) is 69.4 Å². The van der Waals surface area contributed by atoms with E-state index in [2.05, 4.69) is 20.3 Å². The number of anilines is 1. The van der Waals surface area contributed by atoms with Gasteiger partial charge in [0.2, 0.25) is 11.9 Å². The van der Waals surface area contributed by atoms with E-state index in [1.807, 2.05) is 54.3 Å². The van der Waals surface area contributed by atoms with Gasteiger partial charge in [-0.2, -0.15) is 10.2 Å². The number of imidazole rings is 2. The topological polar surface area (TPSA) is 173 Å². The molecule has 1 aliphatic rings. The van der Waals surface area contributed by atoms with Crippen LogP contribution in [0, 0.1) is 13.8 Å².